The first kappa shape index (κ1) is 14.1. The number of primary amides is 1. The number of carbonyl (C=O) groups excluding carboxylic acids is 2. The molecule has 2 rings (SSSR count). The summed E-state index contributed by atoms with van der Waals surface area (Å²) in [7, 11) is 0. The molecule has 104 valence electrons. The molecule has 1 aromatic rings. The van der Waals surface area contributed by atoms with Crippen LogP contribution in [0.2, 0.25) is 0 Å². The normalized spacial score (nSPS) is 19.2. The van der Waals surface area contributed by atoms with Gasteiger partial charge in [-0.2, -0.15) is 5.26 Å². The number of hydrogen-bond acceptors (Lipinski definition) is 3. The molecule has 1 saturated heterocycles. The topological polar surface area (TPSA) is 87.2 Å². The fourth-order valence-electron chi connectivity index (χ4n) is 2.49. The first-order valence-electron chi connectivity index (χ1n) is 6.69. The van der Waals surface area contributed by atoms with E-state index in [4.69, 9.17) is 11.0 Å². The van der Waals surface area contributed by atoms with Gasteiger partial charge in [-0.15, -0.1) is 0 Å². The molecular formula is C15H17N3O2. The summed E-state index contributed by atoms with van der Waals surface area (Å²) in [5, 5.41) is 8.89. The van der Waals surface area contributed by atoms with Crippen molar-refractivity contribution >= 4 is 11.8 Å². The molecule has 1 fully saturated rings. The molecule has 2 N–H and O–H groups in total. The molecule has 0 spiro atoms. The van der Waals surface area contributed by atoms with Gasteiger partial charge in [-0.25, -0.2) is 0 Å². The number of hydrogen-bond donors (Lipinski definition) is 1. The maximum atomic E-state index is 12.3. The molecular weight excluding hydrogens is 254 g/mol. The van der Waals surface area contributed by atoms with Crippen LogP contribution in [0.5, 0.6) is 0 Å². The van der Waals surface area contributed by atoms with E-state index in [1.165, 1.54) is 0 Å². The second-order valence-corrected chi connectivity index (χ2v) is 5.02. The summed E-state index contributed by atoms with van der Waals surface area (Å²) in [6.45, 7) is 1.04. The molecule has 0 aliphatic carbocycles. The molecule has 20 heavy (non-hydrogen) atoms. The Bertz CT molecular complexity index is 562. The average Bonchev–Trinajstić information content (AvgIpc) is 2.62. The van der Waals surface area contributed by atoms with E-state index in [0.29, 0.717) is 25.1 Å². The first-order valence-corrected chi connectivity index (χ1v) is 6.69. The predicted molar refractivity (Wildman–Crippen MR) is 73.1 cm³/mol. The molecule has 1 aliphatic heterocycles. The van der Waals surface area contributed by atoms with Gasteiger partial charge in [-0.3, -0.25) is 9.59 Å². The van der Waals surface area contributed by atoms with Crippen molar-refractivity contribution in [2.75, 3.05) is 6.54 Å². The van der Waals surface area contributed by atoms with Crippen LogP contribution in [-0.2, 0) is 16.1 Å². The van der Waals surface area contributed by atoms with E-state index >= 15 is 0 Å². The number of nitrogens with zero attached hydrogens (tertiary/aromatic N) is 2. The van der Waals surface area contributed by atoms with Crippen molar-refractivity contribution in [1.29, 1.82) is 5.26 Å². The van der Waals surface area contributed by atoms with Crippen LogP contribution >= 0.6 is 0 Å². The van der Waals surface area contributed by atoms with Gasteiger partial charge < -0.3 is 10.6 Å². The molecule has 2 amide bonds. The summed E-state index contributed by atoms with van der Waals surface area (Å²) in [6.07, 6.45) is 2.23. The smallest absolute Gasteiger partial charge is 0.235 e. The first-order chi connectivity index (χ1) is 9.61. The van der Waals surface area contributed by atoms with Crippen LogP contribution in [0.25, 0.3) is 0 Å². The van der Waals surface area contributed by atoms with Crippen LogP contribution in [0.15, 0.2) is 24.3 Å². The molecule has 1 heterocycles. The van der Waals surface area contributed by atoms with Crippen molar-refractivity contribution in [2.45, 2.75) is 25.8 Å². The largest absolute Gasteiger partial charge is 0.369 e. The van der Waals surface area contributed by atoms with Crippen LogP contribution in [0.1, 0.15) is 30.4 Å². The van der Waals surface area contributed by atoms with Gasteiger partial charge in [0.2, 0.25) is 11.8 Å². The van der Waals surface area contributed by atoms with Crippen LogP contribution < -0.4 is 5.73 Å². The minimum atomic E-state index is -0.711. The molecule has 0 radical (unpaired) electrons. The highest BCUT2D eigenvalue weighted by molar-refractivity contribution is 5.99. The molecule has 0 aromatic heterocycles. The van der Waals surface area contributed by atoms with Crippen molar-refractivity contribution in [3.63, 3.8) is 0 Å². The monoisotopic (exact) mass is 271 g/mol. The maximum absolute atomic E-state index is 12.3. The van der Waals surface area contributed by atoms with E-state index in [0.717, 1.165) is 18.4 Å². The van der Waals surface area contributed by atoms with E-state index in [-0.39, 0.29) is 5.91 Å². The van der Waals surface area contributed by atoms with E-state index in [9.17, 15) is 9.59 Å². The van der Waals surface area contributed by atoms with Crippen LogP contribution in [0.4, 0.5) is 0 Å². The van der Waals surface area contributed by atoms with E-state index in [1.54, 1.807) is 23.1 Å². The third-order valence-electron chi connectivity index (χ3n) is 3.55. The molecule has 0 unspecified atom stereocenters. The maximum Gasteiger partial charge on any atom is 0.235 e. The summed E-state index contributed by atoms with van der Waals surface area (Å²) in [5.74, 6) is -1.46. The Hall–Kier alpha value is -2.35. The number of rotatable bonds is 3. The van der Waals surface area contributed by atoms with E-state index in [1.807, 2.05) is 6.07 Å². The minimum Gasteiger partial charge on any atom is -0.369 e. The predicted octanol–water partition coefficient (Wildman–Crippen LogP) is 1.17. The number of carbonyl (C=O) groups is 2. The molecule has 5 heteroatoms. The number of amides is 2. The number of nitriles is 1. The van der Waals surface area contributed by atoms with Gasteiger partial charge in [-0.1, -0.05) is 18.6 Å². The SMILES string of the molecule is N#Cc1cccc(CN2CCCC[C@@H](C(N)=O)C2=O)c1. The Kier molecular flexibility index (Phi) is 4.36. The van der Waals surface area contributed by atoms with Gasteiger partial charge >= 0.3 is 0 Å². The van der Waals surface area contributed by atoms with Gasteiger partial charge in [0.25, 0.3) is 0 Å². The third kappa shape index (κ3) is 3.15. The third-order valence-corrected chi connectivity index (χ3v) is 3.55. The van der Waals surface area contributed by atoms with Crippen molar-refractivity contribution in [3.8, 4) is 6.07 Å². The molecule has 0 bridgehead atoms. The van der Waals surface area contributed by atoms with Crippen LogP contribution in [0, 0.1) is 17.2 Å². The highest BCUT2D eigenvalue weighted by Crippen LogP contribution is 2.20. The highest BCUT2D eigenvalue weighted by atomic mass is 16.2. The molecule has 1 aliphatic rings. The van der Waals surface area contributed by atoms with Crippen molar-refractivity contribution < 1.29 is 9.59 Å². The number of benzene rings is 1. The van der Waals surface area contributed by atoms with Gasteiger partial charge in [0.1, 0.15) is 5.92 Å². The Morgan fingerprint density at radius 1 is 1.45 bits per heavy atom. The minimum absolute atomic E-state index is 0.197. The van der Waals surface area contributed by atoms with Gasteiger partial charge in [0.15, 0.2) is 0 Å². The lowest BCUT2D eigenvalue weighted by Gasteiger charge is -2.23. The zero-order chi connectivity index (χ0) is 14.5. The number of likely N-dealkylation sites (tertiary alicyclic amines) is 1. The summed E-state index contributed by atoms with van der Waals surface area (Å²) in [6, 6.07) is 9.23. The molecule has 1 atom stereocenters. The second kappa shape index (κ2) is 6.20. The Balaban J connectivity index is 2.16. The second-order valence-electron chi connectivity index (χ2n) is 5.02. The quantitative estimate of drug-likeness (QED) is 0.837. The highest BCUT2D eigenvalue weighted by Gasteiger charge is 2.30. The standard InChI is InChI=1S/C15H17N3O2/c16-9-11-4-3-5-12(8-11)10-18-7-2-1-6-13(14(17)19)15(18)20/h3-5,8,13H,1-2,6-7,10H2,(H2,17,19)/t13-/m0/s1. The number of nitrogens with two attached hydrogens (primary N) is 1. The Labute approximate surface area is 118 Å². The Morgan fingerprint density at radius 2 is 2.25 bits per heavy atom. The van der Waals surface area contributed by atoms with Crippen LogP contribution in [-0.4, -0.2) is 23.3 Å². The lowest BCUT2D eigenvalue weighted by molar-refractivity contribution is -0.140. The molecule has 0 saturated carbocycles. The lowest BCUT2D eigenvalue weighted by atomic mass is 10.0. The van der Waals surface area contributed by atoms with Crippen LogP contribution in [0.3, 0.4) is 0 Å². The van der Waals surface area contributed by atoms with Crippen molar-refractivity contribution in [3.05, 3.63) is 35.4 Å². The zero-order valence-electron chi connectivity index (χ0n) is 11.2. The van der Waals surface area contributed by atoms with Crippen molar-refractivity contribution in [2.24, 2.45) is 11.7 Å². The molecule has 1 aromatic carbocycles. The lowest BCUT2D eigenvalue weighted by Crippen LogP contribution is -2.40. The van der Waals surface area contributed by atoms with E-state index in [2.05, 4.69) is 6.07 Å². The average molecular weight is 271 g/mol. The summed E-state index contributed by atoms with van der Waals surface area (Å²) < 4.78 is 0. The van der Waals surface area contributed by atoms with Gasteiger partial charge in [-0.05, 0) is 30.5 Å². The fraction of sp³-hybridized carbons (Fsp3) is 0.400. The van der Waals surface area contributed by atoms with E-state index < -0.39 is 11.8 Å². The van der Waals surface area contributed by atoms with Crippen molar-refractivity contribution in [1.82, 2.24) is 4.90 Å². The summed E-state index contributed by atoms with van der Waals surface area (Å²) >= 11 is 0. The van der Waals surface area contributed by atoms with Gasteiger partial charge in [0, 0.05) is 13.1 Å². The summed E-state index contributed by atoms with van der Waals surface area (Å²) in [4.78, 5) is 25.3. The molecule has 5 nitrogen and oxygen atoms in total. The Morgan fingerprint density at radius 3 is 2.95 bits per heavy atom. The van der Waals surface area contributed by atoms with Gasteiger partial charge in [0.05, 0.1) is 11.6 Å². The summed E-state index contributed by atoms with van der Waals surface area (Å²) in [5.41, 5.74) is 6.76. The fourth-order valence-corrected chi connectivity index (χ4v) is 2.49. The zero-order valence-corrected chi connectivity index (χ0v) is 11.2.